The molecule has 1 aliphatic carbocycles. The molecule has 33 heavy (non-hydrogen) atoms. The first kappa shape index (κ1) is 23.3. The molecule has 2 fully saturated rings. The summed E-state index contributed by atoms with van der Waals surface area (Å²) in [4.78, 5) is 9.93. The Labute approximate surface area is 190 Å². The summed E-state index contributed by atoms with van der Waals surface area (Å²) >= 11 is 0. The molecule has 0 bridgehead atoms. The molecule has 3 heterocycles. The molecule has 0 amide bonds. The fourth-order valence-electron chi connectivity index (χ4n) is 4.62. The minimum absolute atomic E-state index is 0.0500. The predicted octanol–water partition coefficient (Wildman–Crippen LogP) is 4.40. The summed E-state index contributed by atoms with van der Waals surface area (Å²) in [5.41, 5.74) is -0.552. The van der Waals surface area contributed by atoms with Crippen molar-refractivity contribution in [3.63, 3.8) is 0 Å². The smallest absolute Gasteiger partial charge is 0.358 e. The van der Waals surface area contributed by atoms with Gasteiger partial charge < -0.3 is 10.6 Å². The lowest BCUT2D eigenvalue weighted by atomic mass is 9.91. The summed E-state index contributed by atoms with van der Waals surface area (Å²) in [5.74, 6) is 1.76. The second kappa shape index (κ2) is 9.95. The molecule has 2 aromatic rings. The maximum atomic E-state index is 15.0. The largest absolute Gasteiger partial charge is 0.421 e. The zero-order valence-corrected chi connectivity index (χ0v) is 18.2. The van der Waals surface area contributed by atoms with Crippen molar-refractivity contribution in [2.75, 3.05) is 30.3 Å². The van der Waals surface area contributed by atoms with Crippen LogP contribution in [-0.2, 0) is 6.18 Å². The van der Waals surface area contributed by atoms with Gasteiger partial charge in [-0.1, -0.05) is 25.2 Å². The lowest BCUT2D eigenvalue weighted by Gasteiger charge is -2.40. The molecule has 0 spiro atoms. The van der Waals surface area contributed by atoms with Crippen LogP contribution >= 0.6 is 0 Å². The van der Waals surface area contributed by atoms with E-state index in [0.717, 1.165) is 19.4 Å². The van der Waals surface area contributed by atoms with Gasteiger partial charge in [-0.15, -0.1) is 6.42 Å². The van der Waals surface area contributed by atoms with Crippen LogP contribution in [0.1, 0.15) is 50.1 Å². The number of halogens is 4. The third-order valence-electron chi connectivity index (χ3n) is 6.28. The molecule has 0 unspecified atom stereocenters. The molecule has 2 N–H and O–H groups in total. The number of hydrogen-bond donors (Lipinski definition) is 2. The van der Waals surface area contributed by atoms with Gasteiger partial charge in [0, 0.05) is 31.5 Å². The molecule has 178 valence electrons. The fourth-order valence-corrected chi connectivity index (χ4v) is 4.62. The molecule has 1 saturated carbocycles. The van der Waals surface area contributed by atoms with E-state index in [2.05, 4.69) is 36.5 Å². The average molecular weight is 465 g/mol. The minimum Gasteiger partial charge on any atom is -0.358 e. The molecule has 4 rings (SSSR count). The van der Waals surface area contributed by atoms with Crippen LogP contribution in [0.5, 0.6) is 0 Å². The molecule has 2 aromatic heterocycles. The highest BCUT2D eigenvalue weighted by molar-refractivity contribution is 5.55. The first-order valence-electron chi connectivity index (χ1n) is 11.2. The van der Waals surface area contributed by atoms with Gasteiger partial charge in [0.2, 0.25) is 5.95 Å². The molecule has 1 aliphatic heterocycles. The van der Waals surface area contributed by atoms with Gasteiger partial charge in [-0.3, -0.25) is 9.58 Å². The van der Waals surface area contributed by atoms with Gasteiger partial charge in [-0.2, -0.15) is 23.3 Å². The highest BCUT2D eigenvalue weighted by Crippen LogP contribution is 2.34. The van der Waals surface area contributed by atoms with Crippen molar-refractivity contribution in [2.24, 2.45) is 0 Å². The number of rotatable bonds is 6. The van der Waals surface area contributed by atoms with Crippen LogP contribution in [0, 0.1) is 12.3 Å². The molecular weight excluding hydrogens is 438 g/mol. The quantitative estimate of drug-likeness (QED) is 0.487. The Morgan fingerprint density at radius 3 is 2.64 bits per heavy atom. The van der Waals surface area contributed by atoms with Gasteiger partial charge in [0.05, 0.1) is 24.5 Å². The van der Waals surface area contributed by atoms with Crippen molar-refractivity contribution < 1.29 is 17.6 Å². The van der Waals surface area contributed by atoms with Crippen LogP contribution in [0.25, 0.3) is 0 Å². The standard InChI is InChI=1S/C22H27F4N7/c1-2-9-27-20-17(22(24,25)26)12-28-21(31-20)30-15-11-29-33(13-15)19-8-10-32(14-18(19)23)16-6-4-3-5-7-16/h1,11-13,16,18-19H,3-10,14H2,(H2,27,28,30,31)/t18-,19-/m1/s1. The van der Waals surface area contributed by atoms with Gasteiger partial charge in [-0.05, 0) is 19.3 Å². The van der Waals surface area contributed by atoms with Crippen molar-refractivity contribution in [1.29, 1.82) is 0 Å². The summed E-state index contributed by atoms with van der Waals surface area (Å²) in [6.07, 6.45) is 9.88. The van der Waals surface area contributed by atoms with E-state index >= 15 is 4.39 Å². The Kier molecular flexibility index (Phi) is 7.02. The van der Waals surface area contributed by atoms with Crippen LogP contribution in [-0.4, -0.2) is 56.5 Å². The number of hydrogen-bond acceptors (Lipinski definition) is 6. The Bertz CT molecular complexity index is 978. The Balaban J connectivity index is 1.42. The Hall–Kier alpha value is -2.87. The topological polar surface area (TPSA) is 70.9 Å². The lowest BCUT2D eigenvalue weighted by Crippen LogP contribution is -2.48. The van der Waals surface area contributed by atoms with Gasteiger partial charge in [0.1, 0.15) is 17.6 Å². The summed E-state index contributed by atoms with van der Waals surface area (Å²) in [7, 11) is 0. The summed E-state index contributed by atoms with van der Waals surface area (Å²) in [6, 6.07) is 0.0867. The second-order valence-electron chi connectivity index (χ2n) is 8.50. The third-order valence-corrected chi connectivity index (χ3v) is 6.28. The highest BCUT2D eigenvalue weighted by Gasteiger charge is 2.36. The average Bonchev–Trinajstić information content (AvgIpc) is 3.25. The van der Waals surface area contributed by atoms with Crippen molar-refractivity contribution in [2.45, 2.75) is 63.0 Å². The van der Waals surface area contributed by atoms with E-state index in [0.29, 0.717) is 30.9 Å². The van der Waals surface area contributed by atoms with E-state index < -0.39 is 23.7 Å². The first-order chi connectivity index (χ1) is 15.8. The number of nitrogens with one attached hydrogen (secondary N) is 2. The lowest BCUT2D eigenvalue weighted by molar-refractivity contribution is -0.137. The van der Waals surface area contributed by atoms with Gasteiger partial charge in [-0.25, -0.2) is 9.37 Å². The Morgan fingerprint density at radius 2 is 1.94 bits per heavy atom. The molecule has 0 aromatic carbocycles. The maximum Gasteiger partial charge on any atom is 0.421 e. The van der Waals surface area contributed by atoms with E-state index in [9.17, 15) is 13.2 Å². The summed E-state index contributed by atoms with van der Waals surface area (Å²) in [6.45, 7) is 1.10. The van der Waals surface area contributed by atoms with Crippen molar-refractivity contribution >= 4 is 17.5 Å². The highest BCUT2D eigenvalue weighted by atomic mass is 19.4. The van der Waals surface area contributed by atoms with Gasteiger partial charge >= 0.3 is 6.18 Å². The fraction of sp³-hybridized carbons (Fsp3) is 0.591. The number of terminal acetylenes is 1. The molecule has 2 atom stereocenters. The number of nitrogens with zero attached hydrogens (tertiary/aromatic N) is 5. The zero-order valence-electron chi connectivity index (χ0n) is 18.2. The van der Waals surface area contributed by atoms with Crippen LogP contribution in [0.2, 0.25) is 0 Å². The minimum atomic E-state index is -4.62. The first-order valence-corrected chi connectivity index (χ1v) is 11.2. The molecule has 0 radical (unpaired) electrons. The SMILES string of the molecule is C#CCNc1nc(Nc2cnn([C@@H]3CCN(C4CCCCC4)C[C@H]3F)c2)ncc1C(F)(F)F. The molecular formula is C22H27F4N7. The number of aromatic nitrogens is 4. The normalized spacial score (nSPS) is 22.6. The molecule has 11 heteroatoms. The summed E-state index contributed by atoms with van der Waals surface area (Å²) < 4.78 is 56.1. The van der Waals surface area contributed by atoms with Crippen LogP contribution in [0.3, 0.4) is 0 Å². The maximum absolute atomic E-state index is 15.0. The predicted molar refractivity (Wildman–Crippen MR) is 117 cm³/mol. The Morgan fingerprint density at radius 1 is 1.15 bits per heavy atom. The van der Waals surface area contributed by atoms with E-state index in [-0.39, 0.29) is 18.5 Å². The monoisotopic (exact) mass is 465 g/mol. The second-order valence-corrected chi connectivity index (χ2v) is 8.50. The number of anilines is 3. The molecule has 2 aliphatic rings. The number of piperidine rings is 1. The van der Waals surface area contributed by atoms with Crippen molar-refractivity contribution in [3.05, 3.63) is 24.2 Å². The van der Waals surface area contributed by atoms with E-state index in [1.54, 1.807) is 10.9 Å². The van der Waals surface area contributed by atoms with Crippen molar-refractivity contribution in [3.8, 4) is 12.3 Å². The van der Waals surface area contributed by atoms with E-state index in [1.807, 2.05) is 0 Å². The zero-order chi connectivity index (χ0) is 23.4. The van der Waals surface area contributed by atoms with Crippen LogP contribution < -0.4 is 10.6 Å². The number of alkyl halides is 4. The van der Waals surface area contributed by atoms with E-state index in [1.165, 1.54) is 25.5 Å². The van der Waals surface area contributed by atoms with Crippen LogP contribution in [0.4, 0.5) is 35.0 Å². The van der Waals surface area contributed by atoms with Crippen LogP contribution in [0.15, 0.2) is 18.6 Å². The van der Waals surface area contributed by atoms with Crippen molar-refractivity contribution in [1.82, 2.24) is 24.6 Å². The van der Waals surface area contributed by atoms with Gasteiger partial charge in [0.15, 0.2) is 0 Å². The van der Waals surface area contributed by atoms with Gasteiger partial charge in [0.25, 0.3) is 0 Å². The third kappa shape index (κ3) is 5.55. The molecule has 7 nitrogen and oxygen atoms in total. The molecule has 1 saturated heterocycles. The van der Waals surface area contributed by atoms with E-state index in [4.69, 9.17) is 6.42 Å². The summed E-state index contributed by atoms with van der Waals surface area (Å²) in [5, 5.41) is 9.57. The number of likely N-dealkylation sites (tertiary alicyclic amines) is 1.